The summed E-state index contributed by atoms with van der Waals surface area (Å²) < 4.78 is 0. The van der Waals surface area contributed by atoms with E-state index in [0.717, 1.165) is 29.8 Å². The highest BCUT2D eigenvalue weighted by Gasteiger charge is 2.23. The number of nitrogens with zero attached hydrogens (tertiary/aromatic N) is 3. The number of aromatic nitrogens is 3. The molecule has 1 aliphatic rings. The van der Waals surface area contributed by atoms with Crippen LogP contribution >= 0.6 is 11.3 Å². The Morgan fingerprint density at radius 3 is 2.91 bits per heavy atom. The number of aromatic amines is 1. The molecular weight excluding hydrogens is 308 g/mol. The van der Waals surface area contributed by atoms with E-state index in [0.29, 0.717) is 18.7 Å². The van der Waals surface area contributed by atoms with Gasteiger partial charge in [-0.05, 0) is 23.9 Å². The van der Waals surface area contributed by atoms with Gasteiger partial charge in [0.25, 0.3) is 5.91 Å². The third kappa shape index (κ3) is 2.66. The standard InChI is InChI=1S/C17H16N4OS/c22-17(12-1-5-18-9-12)21-6-2-14-15(3-7-21)19-11-20-16(14)13-4-8-23-10-13/h1,4-5,8-11,18H,2-3,6-7H2. The van der Waals surface area contributed by atoms with Crippen LogP contribution < -0.4 is 0 Å². The van der Waals surface area contributed by atoms with Gasteiger partial charge in [0.2, 0.25) is 0 Å². The van der Waals surface area contributed by atoms with E-state index in [4.69, 9.17) is 0 Å². The van der Waals surface area contributed by atoms with Crippen molar-refractivity contribution in [3.8, 4) is 11.3 Å². The van der Waals surface area contributed by atoms with Crippen LogP contribution in [0.5, 0.6) is 0 Å². The highest BCUT2D eigenvalue weighted by Crippen LogP contribution is 2.27. The molecule has 0 aliphatic carbocycles. The first-order chi connectivity index (χ1) is 11.3. The van der Waals surface area contributed by atoms with Crippen LogP contribution in [0.15, 0.2) is 41.6 Å². The summed E-state index contributed by atoms with van der Waals surface area (Å²) in [5, 5.41) is 4.17. The number of amides is 1. The third-order valence-electron chi connectivity index (χ3n) is 4.21. The molecule has 5 nitrogen and oxygen atoms in total. The predicted octanol–water partition coefficient (Wildman–Crippen LogP) is 2.77. The van der Waals surface area contributed by atoms with Crippen LogP contribution in [0.2, 0.25) is 0 Å². The van der Waals surface area contributed by atoms with Crippen molar-refractivity contribution in [2.24, 2.45) is 0 Å². The minimum absolute atomic E-state index is 0.0732. The molecule has 1 aliphatic heterocycles. The molecule has 4 rings (SSSR count). The van der Waals surface area contributed by atoms with E-state index in [1.54, 1.807) is 30.1 Å². The Morgan fingerprint density at radius 2 is 2.13 bits per heavy atom. The highest BCUT2D eigenvalue weighted by molar-refractivity contribution is 7.08. The SMILES string of the molecule is O=C(c1cc[nH]c1)N1CCc2ncnc(-c3ccsc3)c2CC1. The minimum Gasteiger partial charge on any atom is -0.367 e. The summed E-state index contributed by atoms with van der Waals surface area (Å²) >= 11 is 1.67. The average molecular weight is 324 g/mol. The number of thiophene rings is 1. The summed E-state index contributed by atoms with van der Waals surface area (Å²) in [5.41, 5.74) is 5.09. The first-order valence-electron chi connectivity index (χ1n) is 7.60. The van der Waals surface area contributed by atoms with Crippen LogP contribution in [0.4, 0.5) is 0 Å². The van der Waals surface area contributed by atoms with Crippen LogP contribution in [0.3, 0.4) is 0 Å². The Kier molecular flexibility index (Phi) is 3.67. The van der Waals surface area contributed by atoms with E-state index in [9.17, 15) is 4.79 Å². The molecule has 0 radical (unpaired) electrons. The summed E-state index contributed by atoms with van der Waals surface area (Å²) in [5.74, 6) is 0.0732. The molecule has 3 aromatic rings. The van der Waals surface area contributed by atoms with Crippen molar-refractivity contribution in [3.63, 3.8) is 0 Å². The molecule has 0 saturated carbocycles. The van der Waals surface area contributed by atoms with Crippen molar-refractivity contribution >= 4 is 17.2 Å². The topological polar surface area (TPSA) is 61.9 Å². The third-order valence-corrected chi connectivity index (χ3v) is 4.89. The lowest BCUT2D eigenvalue weighted by Gasteiger charge is -2.19. The van der Waals surface area contributed by atoms with Gasteiger partial charge in [-0.3, -0.25) is 4.79 Å². The molecule has 6 heteroatoms. The van der Waals surface area contributed by atoms with Crippen molar-refractivity contribution in [2.45, 2.75) is 12.8 Å². The van der Waals surface area contributed by atoms with Crippen molar-refractivity contribution in [1.29, 1.82) is 0 Å². The van der Waals surface area contributed by atoms with E-state index in [1.165, 1.54) is 5.56 Å². The maximum absolute atomic E-state index is 12.5. The molecule has 23 heavy (non-hydrogen) atoms. The molecule has 1 amide bonds. The maximum Gasteiger partial charge on any atom is 0.255 e. The number of carbonyl (C=O) groups excluding carboxylic acids is 1. The number of nitrogens with one attached hydrogen (secondary N) is 1. The summed E-state index contributed by atoms with van der Waals surface area (Å²) in [4.78, 5) is 26.3. The van der Waals surface area contributed by atoms with Gasteiger partial charge in [0.05, 0.1) is 11.3 Å². The van der Waals surface area contributed by atoms with Gasteiger partial charge >= 0.3 is 0 Å². The first-order valence-corrected chi connectivity index (χ1v) is 8.54. The summed E-state index contributed by atoms with van der Waals surface area (Å²) in [6.45, 7) is 1.39. The second kappa shape index (κ2) is 5.96. The van der Waals surface area contributed by atoms with Crippen LogP contribution in [-0.2, 0) is 12.8 Å². The Bertz CT molecular complexity index is 811. The Hall–Kier alpha value is -2.47. The molecule has 0 fully saturated rings. The number of fused-ring (bicyclic) bond motifs is 1. The maximum atomic E-state index is 12.5. The summed E-state index contributed by atoms with van der Waals surface area (Å²) in [6, 6.07) is 3.90. The Morgan fingerprint density at radius 1 is 1.22 bits per heavy atom. The fraction of sp³-hybridized carbons (Fsp3) is 0.235. The smallest absolute Gasteiger partial charge is 0.255 e. The fourth-order valence-corrected chi connectivity index (χ4v) is 3.66. The number of rotatable bonds is 2. The van der Waals surface area contributed by atoms with Crippen LogP contribution in [0, 0.1) is 0 Å². The minimum atomic E-state index is 0.0732. The molecule has 0 aromatic carbocycles. The molecule has 0 saturated heterocycles. The summed E-state index contributed by atoms with van der Waals surface area (Å²) in [7, 11) is 0. The van der Waals surface area contributed by atoms with E-state index in [2.05, 4.69) is 31.8 Å². The van der Waals surface area contributed by atoms with Gasteiger partial charge < -0.3 is 9.88 Å². The first kappa shape index (κ1) is 14.1. The van der Waals surface area contributed by atoms with Gasteiger partial charge in [-0.15, -0.1) is 0 Å². The normalized spacial score (nSPS) is 14.3. The lowest BCUT2D eigenvalue weighted by Crippen LogP contribution is -2.33. The largest absolute Gasteiger partial charge is 0.367 e. The summed E-state index contributed by atoms with van der Waals surface area (Å²) in [6.07, 6.45) is 6.72. The number of H-pyrrole nitrogens is 1. The zero-order valence-electron chi connectivity index (χ0n) is 12.5. The van der Waals surface area contributed by atoms with Gasteiger partial charge in [-0.2, -0.15) is 11.3 Å². The van der Waals surface area contributed by atoms with Crippen LogP contribution in [0.25, 0.3) is 11.3 Å². The predicted molar refractivity (Wildman–Crippen MR) is 89.4 cm³/mol. The molecule has 4 heterocycles. The van der Waals surface area contributed by atoms with E-state index in [1.807, 2.05) is 11.0 Å². The molecule has 0 atom stereocenters. The van der Waals surface area contributed by atoms with Gasteiger partial charge in [0.15, 0.2) is 0 Å². The number of carbonyl (C=O) groups is 1. The van der Waals surface area contributed by atoms with E-state index < -0.39 is 0 Å². The molecule has 0 spiro atoms. The van der Waals surface area contributed by atoms with Crippen LogP contribution in [-0.4, -0.2) is 38.8 Å². The molecule has 0 bridgehead atoms. The van der Waals surface area contributed by atoms with Crippen LogP contribution in [0.1, 0.15) is 21.6 Å². The number of hydrogen-bond acceptors (Lipinski definition) is 4. The molecule has 116 valence electrons. The van der Waals surface area contributed by atoms with Crippen molar-refractivity contribution in [1.82, 2.24) is 19.9 Å². The van der Waals surface area contributed by atoms with Gasteiger partial charge in [-0.1, -0.05) is 0 Å². The molecule has 0 unspecified atom stereocenters. The average Bonchev–Trinajstić information content (AvgIpc) is 3.24. The van der Waals surface area contributed by atoms with E-state index >= 15 is 0 Å². The lowest BCUT2D eigenvalue weighted by molar-refractivity contribution is 0.0763. The molecular formula is C17H16N4OS. The molecule has 3 aromatic heterocycles. The Labute approximate surface area is 138 Å². The number of hydrogen-bond donors (Lipinski definition) is 1. The zero-order valence-corrected chi connectivity index (χ0v) is 13.3. The molecule has 1 N–H and O–H groups in total. The zero-order chi connectivity index (χ0) is 15.6. The highest BCUT2D eigenvalue weighted by atomic mass is 32.1. The quantitative estimate of drug-likeness (QED) is 0.788. The second-order valence-corrected chi connectivity index (χ2v) is 6.33. The fourth-order valence-electron chi connectivity index (χ4n) is 3.02. The van der Waals surface area contributed by atoms with Gasteiger partial charge in [0, 0.05) is 54.1 Å². The van der Waals surface area contributed by atoms with E-state index in [-0.39, 0.29) is 5.91 Å². The van der Waals surface area contributed by atoms with Crippen molar-refractivity contribution in [2.75, 3.05) is 13.1 Å². The Balaban J connectivity index is 1.62. The van der Waals surface area contributed by atoms with Gasteiger partial charge in [-0.25, -0.2) is 9.97 Å². The van der Waals surface area contributed by atoms with Gasteiger partial charge in [0.1, 0.15) is 6.33 Å². The second-order valence-electron chi connectivity index (χ2n) is 5.55. The van der Waals surface area contributed by atoms with Crippen molar-refractivity contribution < 1.29 is 4.79 Å². The lowest BCUT2D eigenvalue weighted by atomic mass is 10.0. The van der Waals surface area contributed by atoms with Crippen molar-refractivity contribution in [3.05, 3.63) is 58.4 Å². The monoisotopic (exact) mass is 324 g/mol.